The number of hydrogen-bond acceptors (Lipinski definition) is 2. The molecule has 1 aliphatic rings. The van der Waals surface area contributed by atoms with Gasteiger partial charge in [-0.15, -0.1) is 0 Å². The third-order valence-electron chi connectivity index (χ3n) is 3.74. The Labute approximate surface area is 132 Å². The highest BCUT2D eigenvalue weighted by Gasteiger charge is 2.27. The first-order valence-electron chi connectivity index (χ1n) is 6.78. The molecule has 0 unspecified atom stereocenters. The molecule has 0 bridgehead atoms. The zero-order chi connectivity index (χ0) is 15.0. The maximum atomic E-state index is 12.6. The number of halogens is 1. The summed E-state index contributed by atoms with van der Waals surface area (Å²) in [4.78, 5) is 14.3. The van der Waals surface area contributed by atoms with E-state index in [1.54, 1.807) is 4.90 Å². The number of anilines is 2. The van der Waals surface area contributed by atoms with Crippen LogP contribution in [0.2, 0.25) is 0 Å². The van der Waals surface area contributed by atoms with Gasteiger partial charge in [-0.05, 0) is 48.7 Å². The highest BCUT2D eigenvalue weighted by Crippen LogP contribution is 2.29. The van der Waals surface area contributed by atoms with Crippen molar-refractivity contribution in [1.29, 1.82) is 0 Å². The molecule has 2 amide bonds. The van der Waals surface area contributed by atoms with Crippen LogP contribution >= 0.6 is 15.9 Å². The zero-order valence-corrected chi connectivity index (χ0v) is 13.3. The second-order valence-electron chi connectivity index (χ2n) is 5.12. The summed E-state index contributed by atoms with van der Waals surface area (Å²) in [5.74, 6) is 6.02. The molecule has 0 spiro atoms. The number of nitrogens with two attached hydrogens (primary N) is 1. The fraction of sp³-hybridized carbons (Fsp3) is 0.188. The van der Waals surface area contributed by atoms with E-state index < -0.39 is 0 Å². The summed E-state index contributed by atoms with van der Waals surface area (Å²) in [7, 11) is 0. The van der Waals surface area contributed by atoms with Crippen LogP contribution in [0.1, 0.15) is 11.1 Å². The van der Waals surface area contributed by atoms with E-state index in [9.17, 15) is 4.79 Å². The number of benzene rings is 2. The van der Waals surface area contributed by atoms with Crippen LogP contribution in [-0.4, -0.2) is 12.6 Å². The minimum absolute atomic E-state index is 0.207. The Hall–Kier alpha value is -1.85. The van der Waals surface area contributed by atoms with Crippen molar-refractivity contribution in [2.24, 2.45) is 5.84 Å². The van der Waals surface area contributed by atoms with Crippen molar-refractivity contribution in [3.63, 3.8) is 0 Å². The number of hydrogen-bond donors (Lipinski definition) is 1. The molecule has 21 heavy (non-hydrogen) atoms. The molecule has 1 aliphatic heterocycles. The molecule has 0 saturated carbocycles. The van der Waals surface area contributed by atoms with E-state index in [1.807, 2.05) is 49.4 Å². The lowest BCUT2D eigenvalue weighted by Gasteiger charge is -2.25. The van der Waals surface area contributed by atoms with Crippen molar-refractivity contribution in [3.05, 3.63) is 58.1 Å². The van der Waals surface area contributed by atoms with Crippen molar-refractivity contribution in [2.75, 3.05) is 16.5 Å². The summed E-state index contributed by atoms with van der Waals surface area (Å²) in [6, 6.07) is 13.4. The molecule has 2 aromatic carbocycles. The number of fused-ring (bicyclic) bond motifs is 1. The van der Waals surface area contributed by atoms with Crippen LogP contribution in [0.15, 0.2) is 46.9 Å². The molecular weight excluding hydrogens is 330 g/mol. The quantitative estimate of drug-likeness (QED) is 0.487. The van der Waals surface area contributed by atoms with Crippen LogP contribution in [0.3, 0.4) is 0 Å². The van der Waals surface area contributed by atoms with Crippen molar-refractivity contribution < 1.29 is 4.79 Å². The first kappa shape index (κ1) is 14.1. The van der Waals surface area contributed by atoms with Gasteiger partial charge in [0.15, 0.2) is 0 Å². The van der Waals surface area contributed by atoms with Gasteiger partial charge in [0.05, 0.1) is 5.69 Å². The standard InChI is InChI=1S/C16H16BrN3O/c1-11-10-13(6-7-14(11)17)20(18)16(21)19-9-8-12-4-2-3-5-15(12)19/h2-7,10H,8-9,18H2,1H3. The summed E-state index contributed by atoms with van der Waals surface area (Å²) in [5.41, 5.74) is 3.86. The van der Waals surface area contributed by atoms with E-state index in [-0.39, 0.29) is 6.03 Å². The smallest absolute Gasteiger partial charge is 0.292 e. The molecule has 2 aromatic rings. The third kappa shape index (κ3) is 2.54. The first-order valence-corrected chi connectivity index (χ1v) is 7.57. The Bertz CT molecular complexity index is 702. The van der Waals surface area contributed by atoms with Crippen molar-refractivity contribution in [2.45, 2.75) is 13.3 Å². The number of aryl methyl sites for hydroxylation is 1. The maximum Gasteiger partial charge on any atom is 0.343 e. The second kappa shape index (κ2) is 5.50. The highest BCUT2D eigenvalue weighted by atomic mass is 79.9. The number of carbonyl (C=O) groups is 1. The van der Waals surface area contributed by atoms with Crippen LogP contribution in [0.5, 0.6) is 0 Å². The number of hydrazine groups is 1. The molecule has 4 nitrogen and oxygen atoms in total. The number of para-hydroxylation sites is 1. The number of rotatable bonds is 1. The monoisotopic (exact) mass is 345 g/mol. The summed E-state index contributed by atoms with van der Waals surface area (Å²) >= 11 is 3.45. The van der Waals surface area contributed by atoms with Crippen LogP contribution in [-0.2, 0) is 6.42 Å². The fourth-order valence-corrected chi connectivity index (χ4v) is 2.80. The number of amides is 2. The van der Waals surface area contributed by atoms with Crippen LogP contribution in [0.25, 0.3) is 0 Å². The van der Waals surface area contributed by atoms with Gasteiger partial charge in [-0.25, -0.2) is 15.6 Å². The maximum absolute atomic E-state index is 12.6. The van der Waals surface area contributed by atoms with Gasteiger partial charge in [0.2, 0.25) is 0 Å². The topological polar surface area (TPSA) is 49.6 Å². The number of carbonyl (C=O) groups excluding carboxylic acids is 1. The average Bonchev–Trinajstić information content (AvgIpc) is 2.92. The van der Waals surface area contributed by atoms with Gasteiger partial charge in [0.1, 0.15) is 0 Å². The van der Waals surface area contributed by atoms with E-state index in [2.05, 4.69) is 15.9 Å². The zero-order valence-electron chi connectivity index (χ0n) is 11.7. The Kier molecular flexibility index (Phi) is 3.69. The molecule has 0 saturated heterocycles. The SMILES string of the molecule is Cc1cc(N(N)C(=O)N2CCc3ccccc32)ccc1Br. The van der Waals surface area contributed by atoms with E-state index in [0.717, 1.165) is 22.1 Å². The minimum atomic E-state index is -0.207. The first-order chi connectivity index (χ1) is 10.1. The van der Waals surface area contributed by atoms with Gasteiger partial charge in [-0.1, -0.05) is 34.1 Å². The Morgan fingerprint density at radius 2 is 2.05 bits per heavy atom. The Balaban J connectivity index is 1.87. The lowest BCUT2D eigenvalue weighted by molar-refractivity contribution is 0.252. The van der Waals surface area contributed by atoms with Crippen molar-refractivity contribution in [3.8, 4) is 0 Å². The van der Waals surface area contributed by atoms with E-state index in [4.69, 9.17) is 5.84 Å². The van der Waals surface area contributed by atoms with E-state index in [1.165, 1.54) is 10.6 Å². The molecule has 2 N–H and O–H groups in total. The molecule has 0 radical (unpaired) electrons. The van der Waals surface area contributed by atoms with Gasteiger partial charge in [0, 0.05) is 16.7 Å². The second-order valence-corrected chi connectivity index (χ2v) is 5.97. The molecule has 3 rings (SSSR count). The largest absolute Gasteiger partial charge is 0.343 e. The van der Waals surface area contributed by atoms with Gasteiger partial charge < -0.3 is 0 Å². The molecule has 0 aliphatic carbocycles. The third-order valence-corrected chi connectivity index (χ3v) is 4.63. The predicted molar refractivity (Wildman–Crippen MR) is 88.4 cm³/mol. The van der Waals surface area contributed by atoms with Crippen LogP contribution in [0.4, 0.5) is 16.2 Å². The Morgan fingerprint density at radius 3 is 2.81 bits per heavy atom. The van der Waals surface area contributed by atoms with Crippen LogP contribution in [0, 0.1) is 6.92 Å². The van der Waals surface area contributed by atoms with Crippen molar-refractivity contribution >= 4 is 33.3 Å². The fourth-order valence-electron chi connectivity index (χ4n) is 2.56. The van der Waals surface area contributed by atoms with E-state index in [0.29, 0.717) is 12.2 Å². The summed E-state index contributed by atoms with van der Waals surface area (Å²) in [6.45, 7) is 2.64. The summed E-state index contributed by atoms with van der Waals surface area (Å²) in [6.07, 6.45) is 0.870. The van der Waals surface area contributed by atoms with Crippen molar-refractivity contribution in [1.82, 2.24) is 0 Å². The van der Waals surface area contributed by atoms with E-state index >= 15 is 0 Å². The molecular formula is C16H16BrN3O. The molecule has 108 valence electrons. The molecule has 0 aromatic heterocycles. The lowest BCUT2D eigenvalue weighted by Crippen LogP contribution is -2.47. The molecule has 0 fully saturated rings. The predicted octanol–water partition coefficient (Wildman–Crippen LogP) is 3.62. The minimum Gasteiger partial charge on any atom is -0.292 e. The van der Waals surface area contributed by atoms with Gasteiger partial charge in [0.25, 0.3) is 0 Å². The van der Waals surface area contributed by atoms with Gasteiger partial charge >= 0.3 is 6.03 Å². The molecule has 1 heterocycles. The average molecular weight is 346 g/mol. The molecule has 5 heteroatoms. The van der Waals surface area contributed by atoms with Gasteiger partial charge in [-0.2, -0.15) is 0 Å². The lowest BCUT2D eigenvalue weighted by atomic mass is 10.2. The number of nitrogens with zero attached hydrogens (tertiary/aromatic N) is 2. The Morgan fingerprint density at radius 1 is 1.29 bits per heavy atom. The van der Waals surface area contributed by atoms with Gasteiger partial charge in [-0.3, -0.25) is 4.90 Å². The molecule has 0 atom stereocenters. The summed E-state index contributed by atoms with van der Waals surface area (Å²) < 4.78 is 0.999. The highest BCUT2D eigenvalue weighted by molar-refractivity contribution is 9.10. The normalized spacial score (nSPS) is 13.2. The summed E-state index contributed by atoms with van der Waals surface area (Å²) in [5, 5.41) is 1.21. The van der Waals surface area contributed by atoms with Crippen LogP contribution < -0.4 is 15.8 Å². The number of urea groups is 1.